The number of nitrogen functional groups attached to an aromatic ring is 1. The van der Waals surface area contributed by atoms with Crippen LogP contribution in [0.15, 0.2) is 54.6 Å². The average molecular weight is 370 g/mol. The normalized spacial score (nSPS) is 10.5. The molecule has 0 aliphatic rings. The maximum Gasteiger partial charge on any atom is 0.237 e. The summed E-state index contributed by atoms with van der Waals surface area (Å²) < 4.78 is 13.2. The van der Waals surface area contributed by atoms with Crippen LogP contribution in [0.25, 0.3) is 0 Å². The Morgan fingerprint density at radius 1 is 1.08 bits per heavy atom. The zero-order valence-electron chi connectivity index (χ0n) is 13.6. The Balaban J connectivity index is 1.99. The largest absolute Gasteiger partial charge is 0.382 e. The number of nitrogens with two attached hydrogens (primary N) is 2. The minimum absolute atomic E-state index is 0.0652. The lowest BCUT2D eigenvalue weighted by atomic mass is 10.1. The van der Waals surface area contributed by atoms with Crippen LogP contribution < -0.4 is 16.4 Å². The molecule has 26 heavy (non-hydrogen) atoms. The molecule has 0 spiro atoms. The van der Waals surface area contributed by atoms with Gasteiger partial charge >= 0.3 is 0 Å². The summed E-state index contributed by atoms with van der Waals surface area (Å²) in [5.41, 5.74) is 12.2. The molecule has 0 atom stereocenters. The number of hydrogen-bond donors (Lipinski definition) is 2. The number of aromatic nitrogens is 1. The van der Waals surface area contributed by atoms with Gasteiger partial charge in [0.15, 0.2) is 5.13 Å². The summed E-state index contributed by atoms with van der Waals surface area (Å²) in [7, 11) is 0. The number of thiazole rings is 1. The highest BCUT2D eigenvalue weighted by molar-refractivity contribution is 7.18. The molecule has 8 heteroatoms. The number of rotatable bonds is 6. The van der Waals surface area contributed by atoms with E-state index in [9.17, 15) is 14.0 Å². The van der Waals surface area contributed by atoms with Gasteiger partial charge in [0, 0.05) is 11.3 Å². The molecule has 0 aliphatic heterocycles. The fourth-order valence-electron chi connectivity index (χ4n) is 2.37. The molecule has 4 N–H and O–H groups in total. The third-order valence-electron chi connectivity index (χ3n) is 3.57. The number of hydrogen-bond acceptors (Lipinski definition) is 6. The molecule has 2 aromatic carbocycles. The third-order valence-corrected chi connectivity index (χ3v) is 4.66. The van der Waals surface area contributed by atoms with Gasteiger partial charge in [0.1, 0.15) is 23.1 Å². The number of benzene rings is 2. The minimum Gasteiger partial charge on any atom is -0.382 e. The van der Waals surface area contributed by atoms with E-state index < -0.39 is 11.7 Å². The molecule has 6 nitrogen and oxygen atoms in total. The Bertz CT molecular complexity index is 942. The fraction of sp³-hybridized carbons (Fsp3) is 0.0556. The van der Waals surface area contributed by atoms with Crippen LogP contribution in [0.1, 0.15) is 15.2 Å². The summed E-state index contributed by atoms with van der Waals surface area (Å²) in [6.07, 6.45) is 0. The number of ketones is 1. The number of primary amides is 1. The van der Waals surface area contributed by atoms with Gasteiger partial charge < -0.3 is 16.4 Å². The average Bonchev–Trinajstić information content (AvgIpc) is 3.02. The zero-order valence-corrected chi connectivity index (χ0v) is 14.4. The second kappa shape index (κ2) is 7.32. The molecular formula is C18H15FN4O2S. The highest BCUT2D eigenvalue weighted by Crippen LogP contribution is 2.34. The number of anilines is 3. The zero-order chi connectivity index (χ0) is 18.7. The van der Waals surface area contributed by atoms with Crippen molar-refractivity contribution in [3.8, 4) is 0 Å². The highest BCUT2D eigenvalue weighted by atomic mass is 32.1. The Morgan fingerprint density at radius 2 is 1.73 bits per heavy atom. The van der Waals surface area contributed by atoms with Crippen molar-refractivity contribution in [3.63, 3.8) is 0 Å². The summed E-state index contributed by atoms with van der Waals surface area (Å²) in [5.74, 6) is -1.20. The Kier molecular flexibility index (Phi) is 4.94. The van der Waals surface area contributed by atoms with E-state index in [0.717, 1.165) is 11.3 Å². The number of amides is 1. The summed E-state index contributed by atoms with van der Waals surface area (Å²) in [4.78, 5) is 30.1. The van der Waals surface area contributed by atoms with Crippen LogP contribution in [0.2, 0.25) is 0 Å². The molecule has 0 saturated heterocycles. The Labute approximate surface area is 152 Å². The number of carbonyl (C=O) groups excluding carboxylic acids is 2. The van der Waals surface area contributed by atoms with Crippen LogP contribution in [-0.4, -0.2) is 23.2 Å². The van der Waals surface area contributed by atoms with Gasteiger partial charge in [0.25, 0.3) is 0 Å². The van der Waals surface area contributed by atoms with Crippen molar-refractivity contribution in [1.82, 2.24) is 4.98 Å². The van der Waals surface area contributed by atoms with Crippen molar-refractivity contribution < 1.29 is 14.0 Å². The van der Waals surface area contributed by atoms with Gasteiger partial charge in [0.05, 0.1) is 0 Å². The van der Waals surface area contributed by atoms with Gasteiger partial charge in [-0.3, -0.25) is 9.59 Å². The van der Waals surface area contributed by atoms with E-state index in [-0.39, 0.29) is 23.0 Å². The second-order valence-corrected chi connectivity index (χ2v) is 6.41. The smallest absolute Gasteiger partial charge is 0.237 e. The van der Waals surface area contributed by atoms with Crippen LogP contribution in [0, 0.1) is 5.82 Å². The van der Waals surface area contributed by atoms with E-state index in [1.54, 1.807) is 30.3 Å². The topological polar surface area (TPSA) is 102 Å². The van der Waals surface area contributed by atoms with Gasteiger partial charge in [-0.15, -0.1) is 0 Å². The van der Waals surface area contributed by atoms with Gasteiger partial charge in [-0.2, -0.15) is 0 Å². The Morgan fingerprint density at radius 3 is 2.35 bits per heavy atom. The quantitative estimate of drug-likeness (QED) is 0.650. The second-order valence-electron chi connectivity index (χ2n) is 5.43. The molecule has 0 bridgehead atoms. The van der Waals surface area contributed by atoms with Crippen molar-refractivity contribution >= 4 is 39.7 Å². The Hall–Kier alpha value is -3.26. The standard InChI is InChI=1S/C18H15FN4O2S/c19-12-6-8-13(9-7-12)23(10-14(20)24)18-22-17(21)16(26-18)15(25)11-4-2-1-3-5-11/h1-9H,10,21H2,(H2,20,24). The van der Waals surface area contributed by atoms with Crippen molar-refractivity contribution in [2.24, 2.45) is 5.73 Å². The number of carbonyl (C=O) groups is 2. The summed E-state index contributed by atoms with van der Waals surface area (Å²) in [6.45, 7) is -0.183. The first-order valence-corrected chi connectivity index (χ1v) is 8.45. The van der Waals surface area contributed by atoms with Crippen molar-refractivity contribution in [1.29, 1.82) is 0 Å². The molecule has 0 fully saturated rings. The molecule has 1 aromatic heterocycles. The van der Waals surface area contributed by atoms with E-state index >= 15 is 0 Å². The van der Waals surface area contributed by atoms with Gasteiger partial charge in [0.2, 0.25) is 11.7 Å². The van der Waals surface area contributed by atoms with E-state index in [1.807, 2.05) is 0 Å². The lowest BCUT2D eigenvalue weighted by molar-refractivity contribution is -0.116. The molecule has 0 aliphatic carbocycles. The minimum atomic E-state index is -0.598. The van der Waals surface area contributed by atoms with E-state index in [2.05, 4.69) is 4.98 Å². The monoisotopic (exact) mass is 370 g/mol. The van der Waals surface area contributed by atoms with Gasteiger partial charge in [-0.25, -0.2) is 9.37 Å². The van der Waals surface area contributed by atoms with E-state index in [1.165, 1.54) is 29.2 Å². The van der Waals surface area contributed by atoms with Gasteiger partial charge in [-0.1, -0.05) is 41.7 Å². The first kappa shape index (κ1) is 17.6. The van der Waals surface area contributed by atoms with E-state index in [0.29, 0.717) is 16.4 Å². The van der Waals surface area contributed by atoms with Crippen LogP contribution in [0.3, 0.4) is 0 Å². The molecule has 1 heterocycles. The predicted octanol–water partition coefficient (Wildman–Crippen LogP) is 2.72. The van der Waals surface area contributed by atoms with E-state index in [4.69, 9.17) is 11.5 Å². The first-order valence-electron chi connectivity index (χ1n) is 7.63. The lowest BCUT2D eigenvalue weighted by Gasteiger charge is -2.20. The van der Waals surface area contributed by atoms with Crippen LogP contribution >= 0.6 is 11.3 Å². The van der Waals surface area contributed by atoms with Crippen molar-refractivity contribution in [2.75, 3.05) is 17.2 Å². The highest BCUT2D eigenvalue weighted by Gasteiger charge is 2.22. The lowest BCUT2D eigenvalue weighted by Crippen LogP contribution is -2.30. The predicted molar refractivity (Wildman–Crippen MR) is 99.0 cm³/mol. The molecule has 0 radical (unpaired) electrons. The SMILES string of the molecule is NC(=O)CN(c1ccc(F)cc1)c1nc(N)c(C(=O)c2ccccc2)s1. The van der Waals surface area contributed by atoms with Crippen LogP contribution in [0.4, 0.5) is 21.0 Å². The third kappa shape index (κ3) is 3.70. The van der Waals surface area contributed by atoms with Crippen LogP contribution in [0.5, 0.6) is 0 Å². The number of halogens is 1. The molecule has 132 valence electrons. The van der Waals surface area contributed by atoms with Crippen LogP contribution in [-0.2, 0) is 4.79 Å². The molecule has 1 amide bonds. The van der Waals surface area contributed by atoms with Gasteiger partial charge in [-0.05, 0) is 24.3 Å². The molecular weight excluding hydrogens is 355 g/mol. The van der Waals surface area contributed by atoms with Crippen molar-refractivity contribution in [3.05, 3.63) is 70.9 Å². The fourth-order valence-corrected chi connectivity index (χ4v) is 3.33. The molecule has 3 rings (SSSR count). The molecule has 0 unspecified atom stereocenters. The first-order chi connectivity index (χ1) is 12.5. The summed E-state index contributed by atoms with van der Waals surface area (Å²) in [6, 6.07) is 14.2. The summed E-state index contributed by atoms with van der Waals surface area (Å²) in [5, 5.41) is 0.326. The molecule has 0 saturated carbocycles. The van der Waals surface area contributed by atoms with Crippen molar-refractivity contribution in [2.45, 2.75) is 0 Å². The molecule has 3 aromatic rings. The number of nitrogens with zero attached hydrogens (tertiary/aromatic N) is 2. The maximum absolute atomic E-state index is 13.2. The summed E-state index contributed by atoms with van der Waals surface area (Å²) >= 11 is 1.05. The maximum atomic E-state index is 13.2.